The Morgan fingerprint density at radius 3 is 2.86 bits per heavy atom. The second-order valence-electron chi connectivity index (χ2n) is 5.64. The number of amides is 2. The lowest BCUT2D eigenvalue weighted by molar-refractivity contribution is 0.0690. The predicted molar refractivity (Wildman–Crippen MR) is 74.9 cm³/mol. The zero-order valence-corrected chi connectivity index (χ0v) is 12.3. The van der Waals surface area contributed by atoms with Crippen LogP contribution in [0.1, 0.15) is 30.8 Å². The molecule has 0 radical (unpaired) electrons. The Labute approximate surface area is 123 Å². The molecule has 21 heavy (non-hydrogen) atoms. The normalized spacial score (nSPS) is 18.2. The number of hydrogen-bond donors (Lipinski definition) is 2. The first-order valence-electron chi connectivity index (χ1n) is 7.13. The van der Waals surface area contributed by atoms with E-state index in [9.17, 15) is 9.59 Å². The Morgan fingerprint density at radius 1 is 1.52 bits per heavy atom. The van der Waals surface area contributed by atoms with Crippen LogP contribution in [0.2, 0.25) is 0 Å². The summed E-state index contributed by atoms with van der Waals surface area (Å²) in [5.41, 5.74) is -0.0966. The van der Waals surface area contributed by atoms with Crippen LogP contribution in [0.5, 0.6) is 0 Å². The SMILES string of the molecule is CC(C)C1CCN(C(=O)NCCn2cc(C(=O)O)nn2)C1. The van der Waals surface area contributed by atoms with Gasteiger partial charge in [0.05, 0.1) is 12.7 Å². The first-order chi connectivity index (χ1) is 9.97. The van der Waals surface area contributed by atoms with E-state index < -0.39 is 5.97 Å². The fourth-order valence-electron chi connectivity index (χ4n) is 2.41. The summed E-state index contributed by atoms with van der Waals surface area (Å²) in [4.78, 5) is 24.5. The van der Waals surface area contributed by atoms with Crippen LogP contribution >= 0.6 is 0 Å². The number of urea groups is 1. The Bertz CT molecular complexity index is 514. The van der Waals surface area contributed by atoms with Crippen molar-refractivity contribution >= 4 is 12.0 Å². The zero-order chi connectivity index (χ0) is 15.4. The fraction of sp³-hybridized carbons (Fsp3) is 0.692. The van der Waals surface area contributed by atoms with E-state index in [4.69, 9.17) is 5.11 Å². The number of carboxylic acids is 1. The van der Waals surface area contributed by atoms with Crippen molar-refractivity contribution < 1.29 is 14.7 Å². The predicted octanol–water partition coefficient (Wildman–Crippen LogP) is 0.664. The maximum absolute atomic E-state index is 12.0. The number of hydrogen-bond acceptors (Lipinski definition) is 4. The molecule has 2 N–H and O–H groups in total. The van der Waals surface area contributed by atoms with Crippen LogP contribution in [0.25, 0.3) is 0 Å². The van der Waals surface area contributed by atoms with Gasteiger partial charge in [-0.25, -0.2) is 14.3 Å². The van der Waals surface area contributed by atoms with Crippen LogP contribution < -0.4 is 5.32 Å². The van der Waals surface area contributed by atoms with Gasteiger partial charge < -0.3 is 15.3 Å². The van der Waals surface area contributed by atoms with E-state index in [0.717, 1.165) is 19.5 Å². The van der Waals surface area contributed by atoms with Crippen LogP contribution in [0.15, 0.2) is 6.20 Å². The molecule has 2 heterocycles. The zero-order valence-electron chi connectivity index (χ0n) is 12.3. The summed E-state index contributed by atoms with van der Waals surface area (Å²) in [5.74, 6) is 0.0543. The second kappa shape index (κ2) is 6.55. The summed E-state index contributed by atoms with van der Waals surface area (Å²) < 4.78 is 1.41. The fourth-order valence-corrected chi connectivity index (χ4v) is 2.41. The van der Waals surface area contributed by atoms with Gasteiger partial charge in [-0.15, -0.1) is 5.10 Å². The van der Waals surface area contributed by atoms with E-state index >= 15 is 0 Å². The third-order valence-electron chi connectivity index (χ3n) is 3.83. The quantitative estimate of drug-likeness (QED) is 0.831. The van der Waals surface area contributed by atoms with Crippen molar-refractivity contribution in [3.63, 3.8) is 0 Å². The number of likely N-dealkylation sites (tertiary alicyclic amines) is 1. The van der Waals surface area contributed by atoms with Gasteiger partial charge in [0.2, 0.25) is 0 Å². The molecular weight excluding hydrogens is 274 g/mol. The number of nitrogens with zero attached hydrogens (tertiary/aromatic N) is 4. The molecule has 0 saturated carbocycles. The Kier molecular flexibility index (Phi) is 4.77. The summed E-state index contributed by atoms with van der Waals surface area (Å²) in [6.45, 7) is 6.74. The molecule has 1 aromatic heterocycles. The maximum Gasteiger partial charge on any atom is 0.358 e. The highest BCUT2D eigenvalue weighted by atomic mass is 16.4. The van der Waals surface area contributed by atoms with E-state index in [1.807, 2.05) is 4.90 Å². The van der Waals surface area contributed by atoms with Crippen LogP contribution in [0.3, 0.4) is 0 Å². The van der Waals surface area contributed by atoms with Crippen LogP contribution in [0, 0.1) is 11.8 Å². The third-order valence-corrected chi connectivity index (χ3v) is 3.83. The number of aromatic nitrogens is 3. The summed E-state index contributed by atoms with van der Waals surface area (Å²) in [6.07, 6.45) is 2.40. The number of rotatable bonds is 5. The molecule has 0 aliphatic carbocycles. The molecule has 1 aliphatic rings. The van der Waals surface area contributed by atoms with Crippen molar-refractivity contribution in [2.24, 2.45) is 11.8 Å². The van der Waals surface area contributed by atoms with Gasteiger partial charge in [-0.3, -0.25) is 0 Å². The van der Waals surface area contributed by atoms with Gasteiger partial charge in [0.15, 0.2) is 5.69 Å². The highest BCUT2D eigenvalue weighted by Crippen LogP contribution is 2.23. The molecule has 1 saturated heterocycles. The first-order valence-corrected chi connectivity index (χ1v) is 7.13. The largest absolute Gasteiger partial charge is 0.476 e. The van der Waals surface area contributed by atoms with Crippen LogP contribution in [0.4, 0.5) is 4.79 Å². The molecule has 0 aromatic carbocycles. The van der Waals surface area contributed by atoms with E-state index in [0.29, 0.717) is 24.9 Å². The number of carbonyl (C=O) groups is 2. The van der Waals surface area contributed by atoms with Crippen LogP contribution in [-0.2, 0) is 6.54 Å². The van der Waals surface area contributed by atoms with Gasteiger partial charge in [-0.2, -0.15) is 0 Å². The number of carboxylic acid groups (broad SMARTS) is 1. The summed E-state index contributed by atoms with van der Waals surface area (Å²) in [7, 11) is 0. The van der Waals surface area contributed by atoms with Gasteiger partial charge in [-0.1, -0.05) is 19.1 Å². The Hall–Kier alpha value is -2.12. The molecule has 8 heteroatoms. The Morgan fingerprint density at radius 2 is 2.29 bits per heavy atom. The lowest BCUT2D eigenvalue weighted by Crippen LogP contribution is -2.40. The third kappa shape index (κ3) is 3.93. The lowest BCUT2D eigenvalue weighted by atomic mass is 9.95. The average molecular weight is 295 g/mol. The molecule has 1 aliphatic heterocycles. The molecular formula is C13H21N5O3. The van der Waals surface area contributed by atoms with Crippen molar-refractivity contribution in [2.75, 3.05) is 19.6 Å². The molecule has 0 bridgehead atoms. The van der Waals surface area contributed by atoms with Crippen LogP contribution in [-0.4, -0.2) is 56.6 Å². The molecule has 0 spiro atoms. The van der Waals surface area contributed by atoms with Gasteiger partial charge in [0.1, 0.15) is 0 Å². The standard InChI is InChI=1S/C13H21N5O3/c1-9(2)10-3-5-17(7-10)13(21)14-4-6-18-8-11(12(19)20)15-16-18/h8-10H,3-7H2,1-2H3,(H,14,21)(H,19,20). The number of carbonyl (C=O) groups excluding carboxylic acids is 1. The molecule has 1 unspecified atom stereocenters. The molecule has 1 aromatic rings. The topological polar surface area (TPSA) is 100 Å². The van der Waals surface area contributed by atoms with Crippen molar-refractivity contribution in [1.82, 2.24) is 25.2 Å². The summed E-state index contributed by atoms with van der Waals surface area (Å²) in [6, 6.07) is -0.0725. The molecule has 8 nitrogen and oxygen atoms in total. The van der Waals surface area contributed by atoms with Crippen molar-refractivity contribution in [3.8, 4) is 0 Å². The highest BCUT2D eigenvalue weighted by Gasteiger charge is 2.27. The van der Waals surface area contributed by atoms with Gasteiger partial charge in [0.25, 0.3) is 0 Å². The summed E-state index contributed by atoms with van der Waals surface area (Å²) >= 11 is 0. The molecule has 2 amide bonds. The highest BCUT2D eigenvalue weighted by molar-refractivity contribution is 5.84. The van der Waals surface area contributed by atoms with E-state index in [2.05, 4.69) is 29.5 Å². The summed E-state index contributed by atoms with van der Waals surface area (Å²) in [5, 5.41) is 18.8. The van der Waals surface area contributed by atoms with Gasteiger partial charge >= 0.3 is 12.0 Å². The van der Waals surface area contributed by atoms with Gasteiger partial charge in [-0.05, 0) is 18.3 Å². The van der Waals surface area contributed by atoms with Crippen molar-refractivity contribution in [2.45, 2.75) is 26.8 Å². The number of aromatic carboxylic acids is 1. The lowest BCUT2D eigenvalue weighted by Gasteiger charge is -2.18. The first kappa shape index (κ1) is 15.3. The smallest absolute Gasteiger partial charge is 0.358 e. The van der Waals surface area contributed by atoms with E-state index in [1.165, 1.54) is 10.9 Å². The van der Waals surface area contributed by atoms with E-state index in [1.54, 1.807) is 0 Å². The molecule has 2 rings (SSSR count). The minimum absolute atomic E-state index is 0.0725. The van der Waals surface area contributed by atoms with E-state index in [-0.39, 0.29) is 11.7 Å². The molecule has 1 atom stereocenters. The minimum atomic E-state index is -1.11. The van der Waals surface area contributed by atoms with Crippen molar-refractivity contribution in [3.05, 3.63) is 11.9 Å². The Balaban J connectivity index is 1.73. The number of nitrogens with one attached hydrogen (secondary N) is 1. The molecule has 116 valence electrons. The monoisotopic (exact) mass is 295 g/mol. The van der Waals surface area contributed by atoms with Crippen molar-refractivity contribution in [1.29, 1.82) is 0 Å². The molecule has 1 fully saturated rings. The average Bonchev–Trinajstić information content (AvgIpc) is 3.07. The maximum atomic E-state index is 12.0. The van der Waals surface area contributed by atoms with Gasteiger partial charge in [0, 0.05) is 19.6 Å². The second-order valence-corrected chi connectivity index (χ2v) is 5.64. The minimum Gasteiger partial charge on any atom is -0.476 e.